The number of rotatable bonds is 50. The van der Waals surface area contributed by atoms with E-state index in [2.05, 4.69) is 13.8 Å². The van der Waals surface area contributed by atoms with Crippen LogP contribution in [0.2, 0.25) is 0 Å². The highest BCUT2D eigenvalue weighted by atomic mass is 31.2. The van der Waals surface area contributed by atoms with Crippen molar-refractivity contribution in [2.45, 2.75) is 326 Å². The standard InChI is InChI=1S/C55H107O13P/c1-3-5-7-9-11-13-15-17-19-21-23-24-26-28-30-32-34-36-38-40-42-44-49(57)67-47(46-66-69(63,64)68-55-53(61)51(59)50(58)52(60)54(55)62)45-65-48(56)43-41-39-37-35-33-31-29-27-25-22-20-18-16-14-12-10-8-6-4-2/h47,50-55,58-62H,3-46H2,1-2H3,(H,63,64). The molecule has 0 aromatic carbocycles. The number of ether oxygens (including phenoxy) is 2. The van der Waals surface area contributed by atoms with E-state index in [1.54, 1.807) is 0 Å². The Morgan fingerprint density at radius 3 is 0.957 bits per heavy atom. The first kappa shape index (κ1) is 65.9. The zero-order valence-corrected chi connectivity index (χ0v) is 45.0. The van der Waals surface area contributed by atoms with Gasteiger partial charge < -0.3 is 39.9 Å². The Kier molecular flexibility index (Phi) is 43.4. The van der Waals surface area contributed by atoms with Gasteiger partial charge in [0.15, 0.2) is 6.10 Å². The summed E-state index contributed by atoms with van der Waals surface area (Å²) in [7, 11) is -5.12. The maximum Gasteiger partial charge on any atom is 0.472 e. The van der Waals surface area contributed by atoms with Gasteiger partial charge in [-0.25, -0.2) is 4.57 Å². The highest BCUT2D eigenvalue weighted by Gasteiger charge is 2.51. The van der Waals surface area contributed by atoms with Crippen LogP contribution >= 0.6 is 7.82 Å². The number of esters is 2. The van der Waals surface area contributed by atoms with Crippen molar-refractivity contribution in [3.63, 3.8) is 0 Å². The van der Waals surface area contributed by atoms with Gasteiger partial charge in [-0.2, -0.15) is 0 Å². The van der Waals surface area contributed by atoms with Gasteiger partial charge >= 0.3 is 19.8 Å². The number of carbonyl (C=O) groups excluding carboxylic acids is 2. The predicted octanol–water partition coefficient (Wildman–Crippen LogP) is 13.2. The minimum Gasteiger partial charge on any atom is -0.462 e. The number of hydrogen-bond donors (Lipinski definition) is 6. The molecule has 0 aromatic rings. The molecule has 0 saturated heterocycles. The van der Waals surface area contributed by atoms with E-state index in [1.165, 1.54) is 205 Å². The average Bonchev–Trinajstić information content (AvgIpc) is 3.33. The van der Waals surface area contributed by atoms with Crippen LogP contribution in [-0.2, 0) is 32.7 Å². The summed E-state index contributed by atoms with van der Waals surface area (Å²) >= 11 is 0. The third kappa shape index (κ3) is 37.3. The zero-order chi connectivity index (χ0) is 50.6. The maximum atomic E-state index is 12.9. The summed E-state index contributed by atoms with van der Waals surface area (Å²) in [6.07, 6.45) is 37.2. The second-order valence-corrected chi connectivity index (χ2v) is 21.9. The van der Waals surface area contributed by atoms with Crippen molar-refractivity contribution in [1.82, 2.24) is 0 Å². The van der Waals surface area contributed by atoms with Gasteiger partial charge in [-0.15, -0.1) is 0 Å². The quantitative estimate of drug-likeness (QED) is 0.0191. The predicted molar refractivity (Wildman–Crippen MR) is 277 cm³/mol. The van der Waals surface area contributed by atoms with Crippen LogP contribution in [0.3, 0.4) is 0 Å². The van der Waals surface area contributed by atoms with Crippen molar-refractivity contribution in [3.8, 4) is 0 Å². The number of aliphatic hydroxyl groups excluding tert-OH is 5. The van der Waals surface area contributed by atoms with Crippen LogP contribution in [0, 0.1) is 0 Å². The highest BCUT2D eigenvalue weighted by Crippen LogP contribution is 2.47. The summed E-state index contributed by atoms with van der Waals surface area (Å²) < 4.78 is 33.8. The van der Waals surface area contributed by atoms with Crippen LogP contribution in [0.4, 0.5) is 0 Å². The summed E-state index contributed by atoms with van der Waals surface area (Å²) in [5.41, 5.74) is 0. The summed E-state index contributed by atoms with van der Waals surface area (Å²) in [4.78, 5) is 36.0. The van der Waals surface area contributed by atoms with Gasteiger partial charge in [0.1, 0.15) is 43.2 Å². The first-order chi connectivity index (χ1) is 33.4. The molecule has 1 fully saturated rings. The summed E-state index contributed by atoms with van der Waals surface area (Å²) in [5, 5.41) is 50.4. The Balaban J connectivity index is 2.32. The van der Waals surface area contributed by atoms with Crippen molar-refractivity contribution in [2.75, 3.05) is 13.2 Å². The molecule has 0 radical (unpaired) electrons. The molecule has 6 N–H and O–H groups in total. The van der Waals surface area contributed by atoms with Gasteiger partial charge in [0.05, 0.1) is 6.61 Å². The summed E-state index contributed by atoms with van der Waals surface area (Å²) in [6, 6.07) is 0. The average molecular weight is 1010 g/mol. The van der Waals surface area contributed by atoms with Gasteiger partial charge in [0.2, 0.25) is 0 Å². The molecule has 1 rings (SSSR count). The lowest BCUT2D eigenvalue weighted by atomic mass is 9.85. The Bertz CT molecular complexity index is 1210. The Hall–Kier alpha value is -1.15. The van der Waals surface area contributed by atoms with E-state index < -0.39 is 75.7 Å². The molecule has 6 unspecified atom stereocenters. The fourth-order valence-electron chi connectivity index (χ4n) is 9.35. The van der Waals surface area contributed by atoms with Crippen LogP contribution in [0.25, 0.3) is 0 Å². The van der Waals surface area contributed by atoms with E-state index in [1.807, 2.05) is 0 Å². The third-order valence-corrected chi connectivity index (χ3v) is 14.9. The smallest absolute Gasteiger partial charge is 0.462 e. The minimum absolute atomic E-state index is 0.106. The van der Waals surface area contributed by atoms with Crippen molar-refractivity contribution in [2.24, 2.45) is 0 Å². The van der Waals surface area contributed by atoms with Crippen LogP contribution in [0.1, 0.15) is 284 Å². The van der Waals surface area contributed by atoms with Crippen molar-refractivity contribution < 1.29 is 63.1 Å². The van der Waals surface area contributed by atoms with Gasteiger partial charge in [-0.05, 0) is 12.8 Å². The first-order valence-electron chi connectivity index (χ1n) is 28.8. The maximum absolute atomic E-state index is 12.9. The Morgan fingerprint density at radius 2 is 0.652 bits per heavy atom. The molecule has 14 heteroatoms. The van der Waals surface area contributed by atoms with Crippen molar-refractivity contribution >= 4 is 19.8 Å². The summed E-state index contributed by atoms with van der Waals surface area (Å²) in [5.74, 6) is -1.07. The molecule has 410 valence electrons. The molecular weight excluding hydrogens is 900 g/mol. The molecule has 6 atom stereocenters. The molecule has 0 aliphatic heterocycles. The molecule has 0 amide bonds. The molecule has 1 aliphatic rings. The molecule has 0 heterocycles. The molecule has 13 nitrogen and oxygen atoms in total. The van der Waals surface area contributed by atoms with Gasteiger partial charge in [-0.1, -0.05) is 258 Å². The van der Waals surface area contributed by atoms with Gasteiger partial charge in [0, 0.05) is 12.8 Å². The number of aliphatic hydroxyl groups is 5. The van der Waals surface area contributed by atoms with Crippen LogP contribution in [0.15, 0.2) is 0 Å². The van der Waals surface area contributed by atoms with E-state index in [0.717, 1.165) is 38.5 Å². The Morgan fingerprint density at radius 1 is 0.391 bits per heavy atom. The van der Waals surface area contributed by atoms with E-state index in [0.29, 0.717) is 12.8 Å². The molecule has 69 heavy (non-hydrogen) atoms. The molecule has 0 bridgehead atoms. The third-order valence-electron chi connectivity index (χ3n) is 13.9. The largest absolute Gasteiger partial charge is 0.472 e. The van der Waals surface area contributed by atoms with Crippen molar-refractivity contribution in [1.29, 1.82) is 0 Å². The second-order valence-electron chi connectivity index (χ2n) is 20.5. The van der Waals surface area contributed by atoms with Crippen LogP contribution < -0.4 is 0 Å². The molecule has 1 saturated carbocycles. The number of phosphoric acid groups is 1. The van der Waals surface area contributed by atoms with Gasteiger partial charge in [-0.3, -0.25) is 18.6 Å². The lowest BCUT2D eigenvalue weighted by Gasteiger charge is -2.41. The molecular formula is C55H107O13P. The van der Waals surface area contributed by atoms with Crippen LogP contribution in [-0.4, -0.2) is 98.3 Å². The fourth-order valence-corrected chi connectivity index (χ4v) is 10.3. The number of unbranched alkanes of at least 4 members (excludes halogenated alkanes) is 38. The lowest BCUT2D eigenvalue weighted by molar-refractivity contribution is -0.220. The molecule has 0 spiro atoms. The normalized spacial score (nSPS) is 20.8. The lowest BCUT2D eigenvalue weighted by Crippen LogP contribution is -2.64. The van der Waals surface area contributed by atoms with E-state index in [9.17, 15) is 44.6 Å². The number of phosphoric ester groups is 1. The number of carbonyl (C=O) groups is 2. The zero-order valence-electron chi connectivity index (χ0n) is 44.1. The second kappa shape index (κ2) is 45.5. The van der Waals surface area contributed by atoms with Gasteiger partial charge in [0.25, 0.3) is 0 Å². The van der Waals surface area contributed by atoms with E-state index in [-0.39, 0.29) is 12.8 Å². The molecule has 0 aromatic heterocycles. The van der Waals surface area contributed by atoms with Crippen LogP contribution in [0.5, 0.6) is 0 Å². The fraction of sp³-hybridized carbons (Fsp3) is 0.964. The first-order valence-corrected chi connectivity index (χ1v) is 30.3. The summed E-state index contributed by atoms with van der Waals surface area (Å²) in [6.45, 7) is 3.38. The Labute approximate surface area is 421 Å². The minimum atomic E-state index is -5.12. The van der Waals surface area contributed by atoms with E-state index in [4.69, 9.17) is 18.5 Å². The SMILES string of the molecule is CCCCCCCCCCCCCCCCCCCCCCCC(=O)OC(COC(=O)CCCCCCCCCCCCCCCCCCCCC)COP(=O)(O)OC1C(O)C(O)C(O)C(O)C1O. The number of hydrogen-bond acceptors (Lipinski definition) is 12. The topological polar surface area (TPSA) is 210 Å². The van der Waals surface area contributed by atoms with E-state index >= 15 is 0 Å². The molecule has 1 aliphatic carbocycles. The monoisotopic (exact) mass is 1010 g/mol. The highest BCUT2D eigenvalue weighted by molar-refractivity contribution is 7.47. The van der Waals surface area contributed by atoms with Crippen molar-refractivity contribution in [3.05, 3.63) is 0 Å².